The molecule has 0 radical (unpaired) electrons. The number of rotatable bonds is 3. The number of hydrogen-bond acceptors (Lipinski definition) is 2. The van der Waals surface area contributed by atoms with Crippen molar-refractivity contribution >= 4 is 49.8 Å². The Kier molecular flexibility index (Phi) is 4.60. The molecule has 0 saturated carbocycles. The first kappa shape index (κ1) is 22.2. The van der Waals surface area contributed by atoms with Crippen LogP contribution in [-0.2, 0) is 5.41 Å². The first-order valence-corrected chi connectivity index (χ1v) is 13.5. The summed E-state index contributed by atoms with van der Waals surface area (Å²) in [5.74, 6) is 0. The SMILES string of the molecule is CC1(C)c2ccccc2-c2cc(N(c3ccccc3)c3ccc4oc5cc6ccccc6cc5c4c3)ccc21. The number of para-hydroxylation sites is 1. The second kappa shape index (κ2) is 8.09. The Morgan fingerprint density at radius 3 is 1.97 bits per heavy atom. The second-order valence-corrected chi connectivity index (χ2v) is 11.0. The van der Waals surface area contributed by atoms with Crippen molar-refractivity contribution in [3.8, 4) is 11.1 Å². The molecule has 1 aliphatic rings. The highest BCUT2D eigenvalue weighted by atomic mass is 16.3. The van der Waals surface area contributed by atoms with Crippen LogP contribution in [0.2, 0.25) is 0 Å². The van der Waals surface area contributed by atoms with Crippen LogP contribution in [0.25, 0.3) is 43.8 Å². The summed E-state index contributed by atoms with van der Waals surface area (Å²) in [6.45, 7) is 4.65. The monoisotopic (exact) mass is 501 g/mol. The molecule has 39 heavy (non-hydrogen) atoms. The fourth-order valence-electron chi connectivity index (χ4n) is 6.46. The summed E-state index contributed by atoms with van der Waals surface area (Å²) < 4.78 is 6.31. The van der Waals surface area contributed by atoms with Crippen molar-refractivity contribution in [1.82, 2.24) is 0 Å². The van der Waals surface area contributed by atoms with Crippen molar-refractivity contribution in [2.75, 3.05) is 4.90 Å². The average molecular weight is 502 g/mol. The fraction of sp³-hybridized carbons (Fsp3) is 0.0811. The zero-order valence-electron chi connectivity index (χ0n) is 22.0. The minimum absolute atomic E-state index is 0.0145. The van der Waals surface area contributed by atoms with E-state index in [0.717, 1.165) is 39.0 Å². The van der Waals surface area contributed by atoms with Crippen LogP contribution in [0.3, 0.4) is 0 Å². The number of nitrogens with zero attached hydrogens (tertiary/aromatic N) is 1. The molecule has 0 unspecified atom stereocenters. The summed E-state index contributed by atoms with van der Waals surface area (Å²) in [4.78, 5) is 2.35. The van der Waals surface area contributed by atoms with Crippen LogP contribution < -0.4 is 4.90 Å². The van der Waals surface area contributed by atoms with Gasteiger partial charge in [0.1, 0.15) is 11.2 Å². The van der Waals surface area contributed by atoms with Crippen LogP contribution in [0, 0.1) is 0 Å². The van der Waals surface area contributed by atoms with Crippen LogP contribution in [0.15, 0.2) is 132 Å². The molecule has 8 rings (SSSR count). The number of fused-ring (bicyclic) bond motifs is 7. The largest absolute Gasteiger partial charge is 0.456 e. The lowest BCUT2D eigenvalue weighted by Crippen LogP contribution is -2.15. The average Bonchev–Trinajstić information content (AvgIpc) is 3.44. The van der Waals surface area contributed by atoms with E-state index in [1.54, 1.807) is 0 Å². The maximum Gasteiger partial charge on any atom is 0.136 e. The van der Waals surface area contributed by atoms with Crippen molar-refractivity contribution in [3.63, 3.8) is 0 Å². The molecular formula is C37H27NO. The lowest BCUT2D eigenvalue weighted by Gasteiger charge is -2.27. The summed E-state index contributed by atoms with van der Waals surface area (Å²) in [7, 11) is 0. The van der Waals surface area contributed by atoms with Crippen molar-refractivity contribution in [2.45, 2.75) is 19.3 Å². The quantitative estimate of drug-likeness (QED) is 0.239. The summed E-state index contributed by atoms with van der Waals surface area (Å²) >= 11 is 0. The minimum atomic E-state index is -0.0145. The van der Waals surface area contributed by atoms with Gasteiger partial charge in [0.15, 0.2) is 0 Å². The van der Waals surface area contributed by atoms with E-state index < -0.39 is 0 Å². The van der Waals surface area contributed by atoms with Crippen LogP contribution in [0.1, 0.15) is 25.0 Å². The lowest BCUT2D eigenvalue weighted by atomic mass is 9.82. The fourth-order valence-corrected chi connectivity index (χ4v) is 6.46. The topological polar surface area (TPSA) is 16.4 Å². The van der Waals surface area contributed by atoms with Gasteiger partial charge in [-0.25, -0.2) is 0 Å². The molecule has 2 nitrogen and oxygen atoms in total. The van der Waals surface area contributed by atoms with Gasteiger partial charge in [-0.15, -0.1) is 0 Å². The third-order valence-corrected chi connectivity index (χ3v) is 8.42. The first-order valence-electron chi connectivity index (χ1n) is 13.5. The smallest absolute Gasteiger partial charge is 0.136 e. The molecule has 0 fully saturated rings. The molecular weight excluding hydrogens is 474 g/mol. The molecule has 0 aliphatic heterocycles. The Morgan fingerprint density at radius 2 is 1.13 bits per heavy atom. The molecule has 0 saturated heterocycles. The van der Waals surface area contributed by atoms with Gasteiger partial charge in [-0.3, -0.25) is 0 Å². The maximum atomic E-state index is 6.31. The Morgan fingerprint density at radius 1 is 0.487 bits per heavy atom. The van der Waals surface area contributed by atoms with Crippen LogP contribution in [0.4, 0.5) is 17.1 Å². The molecule has 0 bridgehead atoms. The molecule has 1 aliphatic carbocycles. The van der Waals surface area contributed by atoms with Gasteiger partial charge < -0.3 is 9.32 Å². The number of hydrogen-bond donors (Lipinski definition) is 0. The van der Waals surface area contributed by atoms with E-state index in [-0.39, 0.29) is 5.41 Å². The third kappa shape index (κ3) is 3.28. The van der Waals surface area contributed by atoms with E-state index in [9.17, 15) is 0 Å². The number of benzene rings is 6. The molecule has 0 atom stereocenters. The van der Waals surface area contributed by atoms with Crippen molar-refractivity contribution < 1.29 is 4.42 Å². The Balaban J connectivity index is 1.35. The number of furan rings is 1. The van der Waals surface area contributed by atoms with Gasteiger partial charge >= 0.3 is 0 Å². The minimum Gasteiger partial charge on any atom is -0.456 e. The molecule has 1 aromatic heterocycles. The Bertz CT molecular complexity index is 2050. The molecule has 0 spiro atoms. The molecule has 6 aromatic carbocycles. The molecule has 186 valence electrons. The van der Waals surface area contributed by atoms with Gasteiger partial charge in [0.2, 0.25) is 0 Å². The van der Waals surface area contributed by atoms with E-state index in [1.165, 1.54) is 33.0 Å². The van der Waals surface area contributed by atoms with Gasteiger partial charge in [-0.2, -0.15) is 0 Å². The summed E-state index contributed by atoms with van der Waals surface area (Å²) in [5, 5.41) is 4.68. The van der Waals surface area contributed by atoms with Gasteiger partial charge in [0, 0.05) is 33.2 Å². The van der Waals surface area contributed by atoms with Crippen molar-refractivity contribution in [1.29, 1.82) is 0 Å². The summed E-state index contributed by atoms with van der Waals surface area (Å²) in [6.07, 6.45) is 0. The third-order valence-electron chi connectivity index (χ3n) is 8.42. The summed E-state index contributed by atoms with van der Waals surface area (Å²) in [5.41, 5.74) is 10.6. The Labute approximate surface area is 227 Å². The molecule has 1 heterocycles. The zero-order valence-corrected chi connectivity index (χ0v) is 22.0. The van der Waals surface area contributed by atoms with Crippen molar-refractivity contribution in [3.05, 3.63) is 139 Å². The predicted molar refractivity (Wildman–Crippen MR) is 163 cm³/mol. The standard InChI is InChI=1S/C37H27NO/c1-37(2)33-15-9-8-14-29(33)30-22-27(16-18-34(30)37)38(26-12-4-3-5-13-26)28-17-19-35-32(23-28)31-20-24-10-6-7-11-25(24)21-36(31)39-35/h3-23H,1-2H3. The normalized spacial score (nSPS) is 13.6. The molecule has 2 heteroatoms. The first-order chi connectivity index (χ1) is 19.1. The zero-order chi connectivity index (χ0) is 26.1. The van der Waals surface area contributed by atoms with E-state index in [4.69, 9.17) is 4.42 Å². The van der Waals surface area contributed by atoms with Crippen LogP contribution in [-0.4, -0.2) is 0 Å². The van der Waals surface area contributed by atoms with E-state index >= 15 is 0 Å². The van der Waals surface area contributed by atoms with Crippen LogP contribution >= 0.6 is 0 Å². The van der Waals surface area contributed by atoms with E-state index in [2.05, 4.69) is 146 Å². The lowest BCUT2D eigenvalue weighted by molar-refractivity contribution is 0.660. The highest BCUT2D eigenvalue weighted by Gasteiger charge is 2.35. The van der Waals surface area contributed by atoms with Crippen LogP contribution in [0.5, 0.6) is 0 Å². The highest BCUT2D eigenvalue weighted by Crippen LogP contribution is 2.50. The second-order valence-electron chi connectivity index (χ2n) is 11.0. The summed E-state index contributed by atoms with van der Waals surface area (Å²) in [6, 6.07) is 45.8. The van der Waals surface area contributed by atoms with Gasteiger partial charge in [-0.05, 0) is 87.6 Å². The highest BCUT2D eigenvalue weighted by molar-refractivity contribution is 6.11. The Hall–Kier alpha value is -4.82. The molecule has 0 N–H and O–H groups in total. The van der Waals surface area contributed by atoms with Crippen molar-refractivity contribution in [2.24, 2.45) is 0 Å². The number of anilines is 3. The van der Waals surface area contributed by atoms with Gasteiger partial charge in [-0.1, -0.05) is 86.6 Å². The predicted octanol–water partition coefficient (Wildman–Crippen LogP) is 10.5. The van der Waals surface area contributed by atoms with E-state index in [1.807, 2.05) is 0 Å². The van der Waals surface area contributed by atoms with Gasteiger partial charge in [0.25, 0.3) is 0 Å². The molecule has 7 aromatic rings. The molecule has 0 amide bonds. The van der Waals surface area contributed by atoms with Gasteiger partial charge in [0.05, 0.1) is 0 Å². The maximum absolute atomic E-state index is 6.31. The van der Waals surface area contributed by atoms with E-state index in [0.29, 0.717) is 0 Å².